The van der Waals surface area contributed by atoms with Gasteiger partial charge in [-0.15, -0.1) is 0 Å². The number of nitrogens with one attached hydrogen (secondary N) is 1. The lowest BCUT2D eigenvalue weighted by atomic mass is 10.1. The first-order chi connectivity index (χ1) is 5.49. The molecule has 0 aromatic heterocycles. The minimum atomic E-state index is -0.317. The molecular formula is C8H16N2OS. The Morgan fingerprint density at radius 2 is 2.08 bits per heavy atom. The van der Waals surface area contributed by atoms with Gasteiger partial charge in [0, 0.05) is 6.04 Å². The minimum Gasteiger partial charge on any atom is -0.393 e. The quantitative estimate of drug-likeness (QED) is 0.642. The lowest BCUT2D eigenvalue weighted by molar-refractivity contribution is -0.123. The van der Waals surface area contributed by atoms with Gasteiger partial charge in [0.25, 0.3) is 0 Å². The second-order valence-electron chi connectivity index (χ2n) is 3.03. The van der Waals surface area contributed by atoms with Crippen LogP contribution in [0.5, 0.6) is 0 Å². The summed E-state index contributed by atoms with van der Waals surface area (Å²) < 4.78 is 0. The van der Waals surface area contributed by atoms with Gasteiger partial charge >= 0.3 is 0 Å². The van der Waals surface area contributed by atoms with Crippen molar-refractivity contribution < 1.29 is 4.79 Å². The molecule has 1 atom stereocenters. The molecule has 0 saturated heterocycles. The van der Waals surface area contributed by atoms with Gasteiger partial charge in [0.1, 0.15) is 0 Å². The Balaban J connectivity index is 4.13. The van der Waals surface area contributed by atoms with Crippen molar-refractivity contribution in [3.63, 3.8) is 0 Å². The van der Waals surface area contributed by atoms with Crippen LogP contribution in [0.3, 0.4) is 0 Å². The molecule has 3 N–H and O–H groups in total. The largest absolute Gasteiger partial charge is 0.393 e. The summed E-state index contributed by atoms with van der Waals surface area (Å²) in [6, 6.07) is 0.140. The molecule has 3 nitrogen and oxygen atoms in total. The topological polar surface area (TPSA) is 55.1 Å². The van der Waals surface area contributed by atoms with E-state index < -0.39 is 0 Å². The number of hydrogen-bond donors (Lipinski definition) is 2. The molecular weight excluding hydrogens is 172 g/mol. The Kier molecular flexibility index (Phi) is 4.81. The molecule has 0 aromatic carbocycles. The van der Waals surface area contributed by atoms with E-state index in [0.717, 1.165) is 0 Å². The van der Waals surface area contributed by atoms with E-state index in [4.69, 9.17) is 18.0 Å². The SMILES string of the molecule is CCC(C(=O)NC(C)C)C(N)=S. The van der Waals surface area contributed by atoms with Gasteiger partial charge in [0.05, 0.1) is 10.9 Å². The fourth-order valence-corrected chi connectivity index (χ4v) is 1.17. The molecule has 70 valence electrons. The second kappa shape index (κ2) is 5.09. The average molecular weight is 188 g/mol. The molecule has 0 bridgehead atoms. The zero-order valence-corrected chi connectivity index (χ0v) is 8.57. The average Bonchev–Trinajstić information content (AvgIpc) is 1.85. The van der Waals surface area contributed by atoms with Crippen LogP contribution in [-0.2, 0) is 4.79 Å². The number of carbonyl (C=O) groups excluding carboxylic acids is 1. The third kappa shape index (κ3) is 3.67. The number of carbonyl (C=O) groups is 1. The number of thiocarbonyl (C=S) groups is 1. The third-order valence-electron chi connectivity index (χ3n) is 1.50. The highest BCUT2D eigenvalue weighted by Gasteiger charge is 2.19. The highest BCUT2D eigenvalue weighted by Crippen LogP contribution is 2.03. The summed E-state index contributed by atoms with van der Waals surface area (Å²) in [5.41, 5.74) is 5.39. The molecule has 12 heavy (non-hydrogen) atoms. The van der Waals surface area contributed by atoms with E-state index in [-0.39, 0.29) is 22.9 Å². The van der Waals surface area contributed by atoms with Gasteiger partial charge in [-0.1, -0.05) is 19.1 Å². The van der Waals surface area contributed by atoms with Gasteiger partial charge in [-0.05, 0) is 20.3 Å². The van der Waals surface area contributed by atoms with E-state index in [9.17, 15) is 4.79 Å². The van der Waals surface area contributed by atoms with E-state index in [0.29, 0.717) is 6.42 Å². The van der Waals surface area contributed by atoms with Crippen LogP contribution in [0.1, 0.15) is 27.2 Å². The van der Waals surface area contributed by atoms with Gasteiger partial charge in [-0.25, -0.2) is 0 Å². The standard InChI is InChI=1S/C8H16N2OS/c1-4-6(7(9)12)8(11)10-5(2)3/h5-6H,4H2,1-3H3,(H2,9,12)(H,10,11). The monoisotopic (exact) mass is 188 g/mol. The zero-order valence-electron chi connectivity index (χ0n) is 7.76. The van der Waals surface area contributed by atoms with E-state index in [1.54, 1.807) is 0 Å². The van der Waals surface area contributed by atoms with Gasteiger partial charge in [-0.3, -0.25) is 4.79 Å². The molecule has 0 aromatic rings. The Labute approximate surface area is 78.7 Å². The Bertz CT molecular complexity index is 180. The molecule has 0 heterocycles. The van der Waals surface area contributed by atoms with Crippen LogP contribution >= 0.6 is 12.2 Å². The van der Waals surface area contributed by atoms with Crippen LogP contribution in [-0.4, -0.2) is 16.9 Å². The lowest BCUT2D eigenvalue weighted by Crippen LogP contribution is -2.40. The highest BCUT2D eigenvalue weighted by atomic mass is 32.1. The van der Waals surface area contributed by atoms with Crippen LogP contribution in [0.15, 0.2) is 0 Å². The van der Waals surface area contributed by atoms with Crippen molar-refractivity contribution in [2.75, 3.05) is 0 Å². The molecule has 0 aliphatic rings. The number of nitrogens with two attached hydrogens (primary N) is 1. The zero-order chi connectivity index (χ0) is 9.72. The van der Waals surface area contributed by atoms with Crippen molar-refractivity contribution in [3.8, 4) is 0 Å². The first-order valence-corrected chi connectivity index (χ1v) is 4.49. The van der Waals surface area contributed by atoms with Crippen LogP contribution in [0.25, 0.3) is 0 Å². The summed E-state index contributed by atoms with van der Waals surface area (Å²) in [7, 11) is 0. The maximum atomic E-state index is 11.3. The first-order valence-electron chi connectivity index (χ1n) is 4.08. The number of rotatable bonds is 4. The molecule has 0 saturated carbocycles. The van der Waals surface area contributed by atoms with Crippen molar-refractivity contribution >= 4 is 23.1 Å². The fourth-order valence-electron chi connectivity index (χ4n) is 0.901. The molecule has 4 heteroatoms. The molecule has 0 aliphatic heterocycles. The van der Waals surface area contributed by atoms with Gasteiger partial charge in [0.15, 0.2) is 0 Å². The van der Waals surface area contributed by atoms with Crippen LogP contribution in [0, 0.1) is 5.92 Å². The predicted molar refractivity (Wildman–Crippen MR) is 53.8 cm³/mol. The van der Waals surface area contributed by atoms with Crippen molar-refractivity contribution in [2.24, 2.45) is 11.7 Å². The summed E-state index contributed by atoms with van der Waals surface area (Å²) >= 11 is 4.76. The normalized spacial score (nSPS) is 12.7. The van der Waals surface area contributed by atoms with Crippen molar-refractivity contribution in [1.29, 1.82) is 0 Å². The fraction of sp³-hybridized carbons (Fsp3) is 0.750. The number of amides is 1. The molecule has 0 fully saturated rings. The minimum absolute atomic E-state index is 0.0694. The van der Waals surface area contributed by atoms with Crippen LogP contribution < -0.4 is 11.1 Å². The maximum absolute atomic E-state index is 11.3. The van der Waals surface area contributed by atoms with E-state index in [1.807, 2.05) is 20.8 Å². The molecule has 0 rings (SSSR count). The van der Waals surface area contributed by atoms with Gasteiger partial charge < -0.3 is 11.1 Å². The Hall–Kier alpha value is -0.640. The smallest absolute Gasteiger partial charge is 0.230 e. The summed E-state index contributed by atoms with van der Waals surface area (Å²) in [4.78, 5) is 11.6. The highest BCUT2D eigenvalue weighted by molar-refractivity contribution is 7.80. The first kappa shape index (κ1) is 11.4. The van der Waals surface area contributed by atoms with E-state index in [1.165, 1.54) is 0 Å². The summed E-state index contributed by atoms with van der Waals surface area (Å²) in [5, 5.41) is 2.77. The Morgan fingerprint density at radius 3 is 2.33 bits per heavy atom. The van der Waals surface area contributed by atoms with Crippen LogP contribution in [0.4, 0.5) is 0 Å². The van der Waals surface area contributed by atoms with E-state index in [2.05, 4.69) is 5.32 Å². The van der Waals surface area contributed by atoms with Gasteiger partial charge in [0.2, 0.25) is 5.91 Å². The summed E-state index contributed by atoms with van der Waals surface area (Å²) in [6.45, 7) is 5.71. The molecule has 0 radical (unpaired) electrons. The lowest BCUT2D eigenvalue weighted by Gasteiger charge is -2.15. The van der Waals surface area contributed by atoms with Crippen molar-refractivity contribution in [3.05, 3.63) is 0 Å². The molecule has 0 spiro atoms. The predicted octanol–water partition coefficient (Wildman–Crippen LogP) is 0.823. The van der Waals surface area contributed by atoms with Crippen molar-refractivity contribution in [1.82, 2.24) is 5.32 Å². The number of hydrogen-bond acceptors (Lipinski definition) is 2. The summed E-state index contributed by atoms with van der Waals surface area (Å²) in [5.74, 6) is -0.387. The third-order valence-corrected chi connectivity index (χ3v) is 1.78. The van der Waals surface area contributed by atoms with Crippen molar-refractivity contribution in [2.45, 2.75) is 33.2 Å². The molecule has 1 amide bonds. The van der Waals surface area contributed by atoms with E-state index >= 15 is 0 Å². The molecule has 1 unspecified atom stereocenters. The molecule has 0 aliphatic carbocycles. The summed E-state index contributed by atoms with van der Waals surface area (Å²) in [6.07, 6.45) is 0.661. The second-order valence-corrected chi connectivity index (χ2v) is 3.50. The Morgan fingerprint density at radius 1 is 1.58 bits per heavy atom. The van der Waals surface area contributed by atoms with Crippen LogP contribution in [0.2, 0.25) is 0 Å². The van der Waals surface area contributed by atoms with Gasteiger partial charge in [-0.2, -0.15) is 0 Å². The maximum Gasteiger partial charge on any atom is 0.230 e.